The Morgan fingerprint density at radius 3 is 1.09 bits per heavy atom. The zero-order valence-electron chi connectivity index (χ0n) is 28.0. The van der Waals surface area contributed by atoms with Crippen molar-refractivity contribution in [2.45, 2.75) is 155 Å². The van der Waals surface area contributed by atoms with E-state index in [0.29, 0.717) is 23.3 Å². The van der Waals surface area contributed by atoms with Crippen molar-refractivity contribution >= 4 is 44.7 Å². The standard InChI is InChI=1S/C40H60Cl2O2/c1-3-5-7-9-11-13-15-17-19-21-23-31-43-39-33-27-25-29-35(41)37(33)40(38-34(39)28-26-30-36(38)42)44-32-24-22-20-18-16-14-12-10-8-6-4-2/h25-30H,3-24,31-32H2,1-2H3. The Morgan fingerprint density at radius 2 is 0.727 bits per heavy atom. The lowest BCUT2D eigenvalue weighted by Crippen LogP contribution is -2.03. The second kappa shape index (κ2) is 22.8. The van der Waals surface area contributed by atoms with E-state index in [1.54, 1.807) is 0 Å². The summed E-state index contributed by atoms with van der Waals surface area (Å²) in [4.78, 5) is 0. The third kappa shape index (κ3) is 12.6. The largest absolute Gasteiger partial charge is 0.492 e. The van der Waals surface area contributed by atoms with Gasteiger partial charge in [0.1, 0.15) is 11.5 Å². The maximum atomic E-state index is 6.84. The number of ether oxygens (including phenoxy) is 2. The van der Waals surface area contributed by atoms with Gasteiger partial charge in [-0.05, 0) is 25.0 Å². The monoisotopic (exact) mass is 642 g/mol. The molecule has 0 amide bonds. The van der Waals surface area contributed by atoms with E-state index < -0.39 is 0 Å². The summed E-state index contributed by atoms with van der Waals surface area (Å²) >= 11 is 13.7. The highest BCUT2D eigenvalue weighted by molar-refractivity contribution is 6.40. The van der Waals surface area contributed by atoms with Gasteiger partial charge < -0.3 is 9.47 Å². The molecule has 3 aromatic rings. The van der Waals surface area contributed by atoms with Crippen LogP contribution in [-0.4, -0.2) is 13.2 Å². The lowest BCUT2D eigenvalue weighted by molar-refractivity contribution is 0.306. The van der Waals surface area contributed by atoms with E-state index in [0.717, 1.165) is 45.9 Å². The van der Waals surface area contributed by atoms with E-state index in [1.165, 1.54) is 128 Å². The first-order valence-corrected chi connectivity index (χ1v) is 19.0. The van der Waals surface area contributed by atoms with Crippen molar-refractivity contribution in [2.24, 2.45) is 0 Å². The maximum absolute atomic E-state index is 6.84. The van der Waals surface area contributed by atoms with Gasteiger partial charge in [-0.15, -0.1) is 0 Å². The number of fused-ring (bicyclic) bond motifs is 2. The molecule has 0 saturated carbocycles. The first-order chi connectivity index (χ1) is 21.7. The minimum atomic E-state index is 0.663. The summed E-state index contributed by atoms with van der Waals surface area (Å²) in [5.41, 5.74) is 0. The lowest BCUT2D eigenvalue weighted by Gasteiger charge is -2.19. The van der Waals surface area contributed by atoms with Gasteiger partial charge in [-0.3, -0.25) is 0 Å². The summed E-state index contributed by atoms with van der Waals surface area (Å²) in [5, 5.41) is 5.18. The average Bonchev–Trinajstić information content (AvgIpc) is 3.02. The average molecular weight is 644 g/mol. The molecule has 0 aromatic heterocycles. The minimum absolute atomic E-state index is 0.663. The first-order valence-electron chi connectivity index (χ1n) is 18.3. The molecule has 0 spiro atoms. The van der Waals surface area contributed by atoms with E-state index in [-0.39, 0.29) is 0 Å². The van der Waals surface area contributed by atoms with Gasteiger partial charge in [-0.1, -0.05) is 190 Å². The number of rotatable bonds is 26. The molecular weight excluding hydrogens is 583 g/mol. The Bertz CT molecular complexity index is 1130. The van der Waals surface area contributed by atoms with Gasteiger partial charge in [0.05, 0.1) is 23.3 Å². The summed E-state index contributed by atoms with van der Waals surface area (Å²) in [6.45, 7) is 5.92. The molecule has 0 fully saturated rings. The molecule has 0 unspecified atom stereocenters. The second-order valence-electron chi connectivity index (χ2n) is 12.8. The van der Waals surface area contributed by atoms with Crippen molar-refractivity contribution in [2.75, 3.05) is 13.2 Å². The zero-order chi connectivity index (χ0) is 31.2. The highest BCUT2D eigenvalue weighted by atomic mass is 35.5. The van der Waals surface area contributed by atoms with Crippen molar-refractivity contribution in [1.29, 1.82) is 0 Å². The highest BCUT2D eigenvalue weighted by Gasteiger charge is 2.20. The second-order valence-corrected chi connectivity index (χ2v) is 13.6. The quantitative estimate of drug-likeness (QED) is 0.0640. The highest BCUT2D eigenvalue weighted by Crippen LogP contribution is 2.47. The van der Waals surface area contributed by atoms with Gasteiger partial charge >= 0.3 is 0 Å². The molecule has 0 atom stereocenters. The number of halogens is 2. The Hall–Kier alpha value is -1.64. The molecule has 44 heavy (non-hydrogen) atoms. The van der Waals surface area contributed by atoms with Crippen molar-refractivity contribution in [3.63, 3.8) is 0 Å². The van der Waals surface area contributed by atoms with Crippen LogP contribution < -0.4 is 9.47 Å². The molecule has 0 saturated heterocycles. The molecule has 2 nitrogen and oxygen atoms in total. The third-order valence-corrected chi connectivity index (χ3v) is 9.59. The van der Waals surface area contributed by atoms with Gasteiger partial charge in [-0.25, -0.2) is 0 Å². The molecule has 0 N–H and O–H groups in total. The third-order valence-electron chi connectivity index (χ3n) is 8.96. The summed E-state index contributed by atoms with van der Waals surface area (Å²) in [6.07, 6.45) is 29.0. The summed E-state index contributed by atoms with van der Waals surface area (Å²) in [7, 11) is 0. The van der Waals surface area contributed by atoms with Crippen LogP contribution in [0.3, 0.4) is 0 Å². The molecule has 0 aliphatic carbocycles. The fraction of sp³-hybridized carbons (Fsp3) is 0.650. The van der Waals surface area contributed by atoms with Crippen LogP contribution in [0.2, 0.25) is 10.0 Å². The van der Waals surface area contributed by atoms with Crippen LogP contribution in [0.1, 0.15) is 155 Å². The zero-order valence-corrected chi connectivity index (χ0v) is 29.5. The molecule has 0 heterocycles. The van der Waals surface area contributed by atoms with Crippen LogP contribution in [0.15, 0.2) is 36.4 Å². The molecule has 4 heteroatoms. The number of benzene rings is 3. The number of hydrogen-bond acceptors (Lipinski definition) is 2. The SMILES string of the molecule is CCCCCCCCCCCCCOc1c2cccc(Cl)c2c(OCCCCCCCCCCCCC)c2c(Cl)cccc12. The Morgan fingerprint density at radius 1 is 0.409 bits per heavy atom. The Labute approximate surface area is 279 Å². The lowest BCUT2D eigenvalue weighted by atomic mass is 10.00. The van der Waals surface area contributed by atoms with Crippen LogP contribution in [0, 0.1) is 0 Å². The van der Waals surface area contributed by atoms with Crippen LogP contribution in [0.5, 0.6) is 11.5 Å². The van der Waals surface area contributed by atoms with E-state index in [9.17, 15) is 0 Å². The van der Waals surface area contributed by atoms with Gasteiger partial charge in [0.15, 0.2) is 0 Å². The van der Waals surface area contributed by atoms with Crippen LogP contribution in [0.4, 0.5) is 0 Å². The van der Waals surface area contributed by atoms with Gasteiger partial charge in [-0.2, -0.15) is 0 Å². The molecule has 246 valence electrons. The van der Waals surface area contributed by atoms with Crippen LogP contribution in [-0.2, 0) is 0 Å². The molecule has 0 aliphatic heterocycles. The maximum Gasteiger partial charge on any atom is 0.138 e. The van der Waals surface area contributed by atoms with Gasteiger partial charge in [0, 0.05) is 21.5 Å². The smallest absolute Gasteiger partial charge is 0.138 e. The molecule has 0 aliphatic rings. The number of hydrogen-bond donors (Lipinski definition) is 0. The first kappa shape index (κ1) is 36.8. The normalized spacial score (nSPS) is 11.5. The van der Waals surface area contributed by atoms with E-state index in [1.807, 2.05) is 24.3 Å². The Kier molecular flexibility index (Phi) is 19.1. The summed E-state index contributed by atoms with van der Waals surface area (Å²) in [6, 6.07) is 12.1. The molecule has 0 radical (unpaired) electrons. The van der Waals surface area contributed by atoms with Crippen molar-refractivity contribution in [3.8, 4) is 11.5 Å². The van der Waals surface area contributed by atoms with E-state index >= 15 is 0 Å². The van der Waals surface area contributed by atoms with Gasteiger partial charge in [0.25, 0.3) is 0 Å². The van der Waals surface area contributed by atoms with Crippen molar-refractivity contribution in [1.82, 2.24) is 0 Å². The molecule has 3 rings (SSSR count). The summed E-state index contributed by atoms with van der Waals surface area (Å²) in [5.74, 6) is 1.66. The van der Waals surface area contributed by atoms with Gasteiger partial charge in [0.2, 0.25) is 0 Å². The van der Waals surface area contributed by atoms with Crippen molar-refractivity contribution in [3.05, 3.63) is 46.4 Å². The molecule has 0 bridgehead atoms. The molecule has 3 aromatic carbocycles. The Balaban J connectivity index is 1.52. The predicted octanol–water partition coefficient (Wildman–Crippen LogP) is 14.7. The van der Waals surface area contributed by atoms with Crippen LogP contribution >= 0.6 is 23.2 Å². The fourth-order valence-electron chi connectivity index (χ4n) is 6.34. The minimum Gasteiger partial charge on any atom is -0.492 e. The summed E-state index contributed by atoms with van der Waals surface area (Å²) < 4.78 is 13.0. The van der Waals surface area contributed by atoms with Crippen molar-refractivity contribution < 1.29 is 9.47 Å². The molecular formula is C40H60Cl2O2. The fourth-order valence-corrected chi connectivity index (χ4v) is 6.86. The van der Waals surface area contributed by atoms with E-state index in [2.05, 4.69) is 26.0 Å². The topological polar surface area (TPSA) is 18.5 Å². The van der Waals surface area contributed by atoms with Crippen LogP contribution in [0.25, 0.3) is 21.5 Å². The predicted molar refractivity (Wildman–Crippen MR) is 195 cm³/mol. The number of unbranched alkanes of at least 4 members (excludes halogenated alkanes) is 20. The van der Waals surface area contributed by atoms with E-state index in [4.69, 9.17) is 32.7 Å².